The minimum Gasteiger partial charge on any atom is -0.263 e. The molecule has 19 heavy (non-hydrogen) atoms. The number of sulfonamides is 1. The molecule has 2 N–H and O–H groups in total. The molecule has 2 rings (SSSR count). The fourth-order valence-electron chi connectivity index (χ4n) is 1.96. The summed E-state index contributed by atoms with van der Waals surface area (Å²) in [6.45, 7) is 0.223. The standard InChI is InChI=1S/C9H16N4O4S2/c14-18(15)5-2-8(3-6-18)19(16,17)12-4-1-9-10-7-11-13-9/h7-8,12H,1-6H2,(H,10,11,13). The number of nitrogens with zero attached hydrogens (tertiary/aromatic N) is 2. The number of nitrogens with one attached hydrogen (secondary N) is 2. The van der Waals surface area contributed by atoms with Crippen molar-refractivity contribution in [1.82, 2.24) is 19.9 Å². The van der Waals surface area contributed by atoms with Gasteiger partial charge in [0.15, 0.2) is 0 Å². The van der Waals surface area contributed by atoms with Gasteiger partial charge in [-0.2, -0.15) is 5.10 Å². The van der Waals surface area contributed by atoms with Gasteiger partial charge in [0.2, 0.25) is 10.0 Å². The second kappa shape index (κ2) is 5.55. The monoisotopic (exact) mass is 308 g/mol. The van der Waals surface area contributed by atoms with Crippen molar-refractivity contribution in [2.75, 3.05) is 18.1 Å². The molecule has 1 aromatic heterocycles. The number of hydrogen-bond donors (Lipinski definition) is 2. The normalized spacial score (nSPS) is 20.4. The maximum atomic E-state index is 12.0. The van der Waals surface area contributed by atoms with Gasteiger partial charge in [-0.05, 0) is 12.8 Å². The molecule has 1 aromatic rings. The molecule has 0 spiro atoms. The zero-order valence-corrected chi connectivity index (χ0v) is 11.9. The van der Waals surface area contributed by atoms with Crippen LogP contribution in [0.15, 0.2) is 6.33 Å². The average molecular weight is 308 g/mol. The quantitative estimate of drug-likeness (QED) is 0.708. The van der Waals surface area contributed by atoms with Crippen LogP contribution >= 0.6 is 0 Å². The Balaban J connectivity index is 1.85. The van der Waals surface area contributed by atoms with Gasteiger partial charge in [0.05, 0.1) is 16.8 Å². The van der Waals surface area contributed by atoms with E-state index in [0.717, 1.165) is 0 Å². The van der Waals surface area contributed by atoms with Crippen LogP contribution in [0.3, 0.4) is 0 Å². The predicted octanol–water partition coefficient (Wildman–Crippen LogP) is -1.16. The summed E-state index contributed by atoms with van der Waals surface area (Å²) in [7, 11) is -6.51. The van der Waals surface area contributed by atoms with Crippen LogP contribution < -0.4 is 4.72 Å². The maximum absolute atomic E-state index is 12.0. The van der Waals surface area contributed by atoms with Crippen LogP contribution in [-0.4, -0.2) is 55.3 Å². The van der Waals surface area contributed by atoms with Crippen molar-refractivity contribution in [1.29, 1.82) is 0 Å². The molecule has 1 saturated heterocycles. The Hall–Kier alpha value is -1.00. The molecule has 0 amide bonds. The van der Waals surface area contributed by atoms with Crippen molar-refractivity contribution in [3.8, 4) is 0 Å². The summed E-state index contributed by atoms with van der Waals surface area (Å²) in [6.07, 6.45) is 2.11. The minimum atomic E-state index is -3.46. The lowest BCUT2D eigenvalue weighted by molar-refractivity contribution is 0.542. The SMILES string of the molecule is O=S1(=O)CCC(S(=O)(=O)NCCc2ncn[nH]2)CC1. The highest BCUT2D eigenvalue weighted by molar-refractivity contribution is 7.92. The topological polar surface area (TPSA) is 122 Å². The second-order valence-corrected chi connectivity index (χ2v) is 8.82. The smallest absolute Gasteiger partial charge is 0.214 e. The van der Waals surface area contributed by atoms with Crippen LogP contribution in [0.1, 0.15) is 18.7 Å². The van der Waals surface area contributed by atoms with E-state index in [4.69, 9.17) is 0 Å². The minimum absolute atomic E-state index is 0.0549. The highest BCUT2D eigenvalue weighted by Gasteiger charge is 2.32. The van der Waals surface area contributed by atoms with Gasteiger partial charge < -0.3 is 0 Å². The van der Waals surface area contributed by atoms with E-state index >= 15 is 0 Å². The fraction of sp³-hybridized carbons (Fsp3) is 0.778. The van der Waals surface area contributed by atoms with E-state index in [0.29, 0.717) is 12.2 Å². The van der Waals surface area contributed by atoms with E-state index in [9.17, 15) is 16.8 Å². The number of aromatic amines is 1. The Morgan fingerprint density at radius 2 is 2.05 bits per heavy atom. The Kier molecular flexibility index (Phi) is 4.21. The van der Waals surface area contributed by atoms with Crippen molar-refractivity contribution in [2.24, 2.45) is 0 Å². The molecule has 0 atom stereocenters. The number of hydrogen-bond acceptors (Lipinski definition) is 6. The fourth-order valence-corrected chi connectivity index (χ4v) is 5.23. The van der Waals surface area contributed by atoms with Gasteiger partial charge in [0.1, 0.15) is 22.0 Å². The first-order valence-corrected chi connectivity index (χ1v) is 9.29. The van der Waals surface area contributed by atoms with Crippen molar-refractivity contribution in [3.05, 3.63) is 12.2 Å². The molecule has 2 heterocycles. The molecule has 10 heteroatoms. The summed E-state index contributed by atoms with van der Waals surface area (Å²) in [5, 5.41) is 5.68. The molecule has 1 fully saturated rings. The molecule has 108 valence electrons. The van der Waals surface area contributed by atoms with Crippen LogP contribution in [0.2, 0.25) is 0 Å². The third kappa shape index (κ3) is 3.98. The zero-order chi connectivity index (χ0) is 13.9. The lowest BCUT2D eigenvalue weighted by Crippen LogP contribution is -2.40. The van der Waals surface area contributed by atoms with Gasteiger partial charge in [0.25, 0.3) is 0 Å². The van der Waals surface area contributed by atoms with Crippen LogP contribution in [0.4, 0.5) is 0 Å². The average Bonchev–Trinajstić information content (AvgIpc) is 2.81. The van der Waals surface area contributed by atoms with Crippen molar-refractivity contribution >= 4 is 19.9 Å². The van der Waals surface area contributed by atoms with Crippen molar-refractivity contribution < 1.29 is 16.8 Å². The Bertz CT molecular complexity index is 595. The summed E-state index contributed by atoms with van der Waals surface area (Å²) < 4.78 is 48.9. The van der Waals surface area contributed by atoms with E-state index in [1.165, 1.54) is 6.33 Å². The lowest BCUT2D eigenvalue weighted by atomic mass is 10.2. The summed E-state index contributed by atoms with van der Waals surface area (Å²) in [5.74, 6) is 0.496. The van der Waals surface area contributed by atoms with E-state index in [1.807, 2.05) is 0 Å². The summed E-state index contributed by atoms with van der Waals surface area (Å²) in [5.41, 5.74) is 0. The Labute approximate surface area is 112 Å². The van der Waals surface area contributed by atoms with Crippen LogP contribution in [0.25, 0.3) is 0 Å². The molecule has 0 bridgehead atoms. The van der Waals surface area contributed by atoms with Gasteiger partial charge in [-0.25, -0.2) is 26.5 Å². The van der Waals surface area contributed by atoms with Crippen molar-refractivity contribution in [2.45, 2.75) is 24.5 Å². The van der Waals surface area contributed by atoms with Gasteiger partial charge in [-0.15, -0.1) is 0 Å². The van der Waals surface area contributed by atoms with Crippen LogP contribution in [-0.2, 0) is 26.3 Å². The molecule has 1 aliphatic rings. The molecule has 0 unspecified atom stereocenters. The molecule has 0 saturated carbocycles. The molecular weight excluding hydrogens is 292 g/mol. The number of H-pyrrole nitrogens is 1. The third-order valence-corrected chi connectivity index (χ3v) is 6.74. The summed E-state index contributed by atoms with van der Waals surface area (Å²) in [4.78, 5) is 3.89. The van der Waals surface area contributed by atoms with Crippen LogP contribution in [0.5, 0.6) is 0 Å². The van der Waals surface area contributed by atoms with E-state index in [2.05, 4.69) is 19.9 Å². The van der Waals surface area contributed by atoms with Gasteiger partial charge in [-0.1, -0.05) is 0 Å². The van der Waals surface area contributed by atoms with Gasteiger partial charge in [-0.3, -0.25) is 5.10 Å². The highest BCUT2D eigenvalue weighted by atomic mass is 32.2. The largest absolute Gasteiger partial charge is 0.263 e. The van der Waals surface area contributed by atoms with E-state index in [1.54, 1.807) is 0 Å². The molecule has 1 aliphatic heterocycles. The first kappa shape index (κ1) is 14.4. The molecular formula is C9H16N4O4S2. The first-order valence-electron chi connectivity index (χ1n) is 5.92. The van der Waals surface area contributed by atoms with Crippen molar-refractivity contribution in [3.63, 3.8) is 0 Å². The van der Waals surface area contributed by atoms with Gasteiger partial charge >= 0.3 is 0 Å². The molecule has 0 aromatic carbocycles. The van der Waals surface area contributed by atoms with E-state index in [-0.39, 0.29) is 30.9 Å². The Morgan fingerprint density at radius 3 is 2.63 bits per heavy atom. The van der Waals surface area contributed by atoms with Gasteiger partial charge in [0, 0.05) is 13.0 Å². The number of sulfone groups is 1. The van der Waals surface area contributed by atoms with E-state index < -0.39 is 25.1 Å². The first-order chi connectivity index (χ1) is 8.89. The lowest BCUT2D eigenvalue weighted by Gasteiger charge is -2.22. The maximum Gasteiger partial charge on any atom is 0.214 e. The summed E-state index contributed by atoms with van der Waals surface area (Å²) in [6, 6.07) is 0. The number of rotatable bonds is 5. The third-order valence-electron chi connectivity index (χ3n) is 3.07. The summed E-state index contributed by atoms with van der Waals surface area (Å²) >= 11 is 0. The Morgan fingerprint density at radius 1 is 1.37 bits per heavy atom. The molecule has 8 nitrogen and oxygen atoms in total. The highest BCUT2D eigenvalue weighted by Crippen LogP contribution is 2.18. The van der Waals surface area contributed by atoms with Crippen LogP contribution in [0, 0.1) is 0 Å². The predicted molar refractivity (Wildman–Crippen MR) is 68.7 cm³/mol. The molecule has 0 radical (unpaired) electrons. The molecule has 0 aliphatic carbocycles. The number of aromatic nitrogens is 3. The zero-order valence-electron chi connectivity index (χ0n) is 10.2. The second-order valence-electron chi connectivity index (χ2n) is 4.47.